The summed E-state index contributed by atoms with van der Waals surface area (Å²) in [6.45, 7) is 0.827. The van der Waals surface area contributed by atoms with Crippen molar-refractivity contribution < 1.29 is 4.79 Å². The first-order valence-corrected chi connectivity index (χ1v) is 8.13. The van der Waals surface area contributed by atoms with Crippen LogP contribution in [0.4, 0.5) is 0 Å². The highest BCUT2D eigenvalue weighted by Crippen LogP contribution is 2.30. The predicted octanol–water partition coefficient (Wildman–Crippen LogP) is 3.25. The van der Waals surface area contributed by atoms with Gasteiger partial charge in [-0.25, -0.2) is 0 Å². The molecule has 1 aliphatic rings. The second-order valence-corrected chi connectivity index (χ2v) is 6.32. The molecule has 1 saturated heterocycles. The molecule has 3 heterocycles. The third-order valence-electron chi connectivity index (χ3n) is 3.83. The van der Waals surface area contributed by atoms with Crippen LogP contribution < -0.4 is 0 Å². The van der Waals surface area contributed by atoms with Crippen LogP contribution >= 0.6 is 11.3 Å². The molecule has 0 aromatic carbocycles. The summed E-state index contributed by atoms with van der Waals surface area (Å²) in [4.78, 5) is 15.6. The quantitative estimate of drug-likeness (QED) is 0.816. The standard InChI is InChI=1S/C16H19N3OS/c1-18-12-13(11-17-18)15-6-2-3-9-19(15)16(20)8-7-14-5-4-10-21-14/h4-5,7-8,10-12,15H,2-3,6,9H2,1H3. The molecule has 0 N–H and O–H groups in total. The Balaban J connectivity index is 1.76. The zero-order valence-electron chi connectivity index (χ0n) is 12.1. The van der Waals surface area contributed by atoms with Crippen LogP contribution in [0.5, 0.6) is 0 Å². The van der Waals surface area contributed by atoms with E-state index in [9.17, 15) is 4.79 Å². The van der Waals surface area contributed by atoms with E-state index >= 15 is 0 Å². The molecule has 0 radical (unpaired) electrons. The molecule has 0 aliphatic carbocycles. The molecule has 0 spiro atoms. The van der Waals surface area contributed by atoms with Gasteiger partial charge in [0, 0.05) is 36.3 Å². The number of likely N-dealkylation sites (tertiary alicyclic amines) is 1. The number of carbonyl (C=O) groups is 1. The van der Waals surface area contributed by atoms with Crippen LogP contribution in [0, 0.1) is 0 Å². The summed E-state index contributed by atoms with van der Waals surface area (Å²) in [5, 5.41) is 6.25. The molecule has 110 valence electrons. The molecule has 3 rings (SSSR count). The number of amides is 1. The summed E-state index contributed by atoms with van der Waals surface area (Å²) < 4.78 is 1.80. The average molecular weight is 301 g/mol. The SMILES string of the molecule is Cn1cc(C2CCCCN2C(=O)C=Cc2cccs2)cn1. The molecule has 0 bridgehead atoms. The van der Waals surface area contributed by atoms with Crippen LogP contribution in [-0.2, 0) is 11.8 Å². The lowest BCUT2D eigenvalue weighted by molar-refractivity contribution is -0.129. The minimum absolute atomic E-state index is 0.0944. The second-order valence-electron chi connectivity index (χ2n) is 5.34. The van der Waals surface area contributed by atoms with Gasteiger partial charge in [0.1, 0.15) is 0 Å². The van der Waals surface area contributed by atoms with Gasteiger partial charge in [0.2, 0.25) is 5.91 Å². The van der Waals surface area contributed by atoms with Crippen molar-refractivity contribution in [2.24, 2.45) is 7.05 Å². The summed E-state index contributed by atoms with van der Waals surface area (Å²) in [6, 6.07) is 4.17. The maximum Gasteiger partial charge on any atom is 0.247 e. The Morgan fingerprint density at radius 2 is 2.38 bits per heavy atom. The third kappa shape index (κ3) is 3.24. The molecule has 1 amide bonds. The van der Waals surface area contributed by atoms with Crippen molar-refractivity contribution in [1.29, 1.82) is 0 Å². The van der Waals surface area contributed by atoms with Crippen LogP contribution in [0.15, 0.2) is 36.0 Å². The van der Waals surface area contributed by atoms with Crippen molar-refractivity contribution in [3.05, 3.63) is 46.4 Å². The Morgan fingerprint density at radius 3 is 3.10 bits per heavy atom. The van der Waals surface area contributed by atoms with Gasteiger partial charge in [-0.3, -0.25) is 9.48 Å². The summed E-state index contributed by atoms with van der Waals surface area (Å²) in [5.41, 5.74) is 1.13. The molecule has 21 heavy (non-hydrogen) atoms. The molecule has 0 saturated carbocycles. The van der Waals surface area contributed by atoms with Crippen molar-refractivity contribution >= 4 is 23.3 Å². The highest BCUT2D eigenvalue weighted by molar-refractivity contribution is 7.10. The number of thiophene rings is 1. The number of carbonyl (C=O) groups excluding carboxylic acids is 1. The Hall–Kier alpha value is -1.88. The van der Waals surface area contributed by atoms with Crippen LogP contribution in [0.1, 0.15) is 35.7 Å². The Morgan fingerprint density at radius 1 is 1.48 bits per heavy atom. The van der Waals surface area contributed by atoms with Crippen molar-refractivity contribution in [3.63, 3.8) is 0 Å². The largest absolute Gasteiger partial charge is 0.332 e. The van der Waals surface area contributed by atoms with Gasteiger partial charge < -0.3 is 4.90 Å². The van der Waals surface area contributed by atoms with Crippen molar-refractivity contribution in [2.45, 2.75) is 25.3 Å². The number of rotatable bonds is 3. The predicted molar refractivity (Wildman–Crippen MR) is 84.9 cm³/mol. The molecule has 1 fully saturated rings. The lowest BCUT2D eigenvalue weighted by atomic mass is 9.97. The van der Waals surface area contributed by atoms with E-state index in [1.165, 1.54) is 0 Å². The van der Waals surface area contributed by atoms with Gasteiger partial charge in [-0.15, -0.1) is 11.3 Å². The number of nitrogens with zero attached hydrogens (tertiary/aromatic N) is 3. The molecule has 1 atom stereocenters. The summed E-state index contributed by atoms with van der Waals surface area (Å²) in [6.07, 6.45) is 10.7. The van der Waals surface area contributed by atoms with E-state index in [-0.39, 0.29) is 11.9 Å². The van der Waals surface area contributed by atoms with E-state index < -0.39 is 0 Å². The molecule has 1 unspecified atom stereocenters. The van der Waals surface area contributed by atoms with Crippen LogP contribution in [0.25, 0.3) is 6.08 Å². The third-order valence-corrected chi connectivity index (χ3v) is 4.67. The van der Waals surface area contributed by atoms with E-state index in [0.717, 1.165) is 36.2 Å². The fourth-order valence-electron chi connectivity index (χ4n) is 2.79. The zero-order chi connectivity index (χ0) is 14.7. The second kappa shape index (κ2) is 6.26. The maximum atomic E-state index is 12.5. The number of aromatic nitrogens is 2. The summed E-state index contributed by atoms with van der Waals surface area (Å²) >= 11 is 1.64. The maximum absolute atomic E-state index is 12.5. The van der Waals surface area contributed by atoms with Crippen LogP contribution in [0.2, 0.25) is 0 Å². The first-order valence-electron chi connectivity index (χ1n) is 7.25. The highest BCUT2D eigenvalue weighted by Gasteiger charge is 2.27. The number of hydrogen-bond donors (Lipinski definition) is 0. The van der Waals surface area contributed by atoms with Crippen LogP contribution in [0.3, 0.4) is 0 Å². The Bertz CT molecular complexity index is 630. The first-order chi connectivity index (χ1) is 10.2. The highest BCUT2D eigenvalue weighted by atomic mass is 32.1. The fourth-order valence-corrected chi connectivity index (χ4v) is 3.41. The molecular formula is C16H19N3OS. The van der Waals surface area contributed by atoms with Crippen molar-refractivity contribution in [3.8, 4) is 0 Å². The van der Waals surface area contributed by atoms with E-state index in [2.05, 4.69) is 5.10 Å². The number of hydrogen-bond acceptors (Lipinski definition) is 3. The lowest BCUT2D eigenvalue weighted by Crippen LogP contribution is -2.37. The molecule has 2 aromatic heterocycles. The smallest absolute Gasteiger partial charge is 0.247 e. The van der Waals surface area contributed by atoms with E-state index in [0.29, 0.717) is 0 Å². The lowest BCUT2D eigenvalue weighted by Gasteiger charge is -2.34. The van der Waals surface area contributed by atoms with Gasteiger partial charge in [0.25, 0.3) is 0 Å². The normalized spacial score (nSPS) is 19.3. The minimum atomic E-state index is 0.0944. The van der Waals surface area contributed by atoms with Crippen molar-refractivity contribution in [2.75, 3.05) is 6.54 Å². The summed E-state index contributed by atoms with van der Waals surface area (Å²) in [7, 11) is 1.91. The topological polar surface area (TPSA) is 38.1 Å². The van der Waals surface area contributed by atoms with Gasteiger partial charge in [-0.05, 0) is 36.8 Å². The Kier molecular flexibility index (Phi) is 4.20. The molecule has 2 aromatic rings. The average Bonchev–Trinajstić information content (AvgIpc) is 3.16. The van der Waals surface area contributed by atoms with E-state index in [1.807, 2.05) is 47.9 Å². The van der Waals surface area contributed by atoms with Crippen LogP contribution in [-0.4, -0.2) is 27.1 Å². The zero-order valence-corrected chi connectivity index (χ0v) is 12.9. The van der Waals surface area contributed by atoms with Crippen molar-refractivity contribution in [1.82, 2.24) is 14.7 Å². The number of piperidine rings is 1. The first kappa shape index (κ1) is 14.1. The van der Waals surface area contributed by atoms with Gasteiger partial charge in [0.05, 0.1) is 12.2 Å². The van der Waals surface area contributed by atoms with Gasteiger partial charge in [0.15, 0.2) is 0 Å². The molecule has 4 nitrogen and oxygen atoms in total. The molecule has 5 heteroatoms. The van der Waals surface area contributed by atoms with Gasteiger partial charge >= 0.3 is 0 Å². The minimum Gasteiger partial charge on any atom is -0.332 e. The number of aryl methyl sites for hydroxylation is 1. The van der Waals surface area contributed by atoms with E-state index in [1.54, 1.807) is 22.1 Å². The monoisotopic (exact) mass is 301 g/mol. The van der Waals surface area contributed by atoms with Gasteiger partial charge in [-0.1, -0.05) is 6.07 Å². The Labute approximate surface area is 128 Å². The van der Waals surface area contributed by atoms with E-state index in [4.69, 9.17) is 0 Å². The summed E-state index contributed by atoms with van der Waals surface area (Å²) in [5.74, 6) is 0.0944. The van der Waals surface area contributed by atoms with Gasteiger partial charge in [-0.2, -0.15) is 5.10 Å². The fraction of sp³-hybridized carbons (Fsp3) is 0.375. The molecule has 1 aliphatic heterocycles. The molecular weight excluding hydrogens is 282 g/mol.